The lowest BCUT2D eigenvalue weighted by atomic mass is 9.94. The molecule has 0 spiro atoms. The maximum Gasteiger partial charge on any atom is 0.149 e. The van der Waals surface area contributed by atoms with Gasteiger partial charge in [0.25, 0.3) is 0 Å². The number of benzene rings is 2. The smallest absolute Gasteiger partial charge is 0.149 e. The van der Waals surface area contributed by atoms with Gasteiger partial charge < -0.3 is 16.4 Å². The summed E-state index contributed by atoms with van der Waals surface area (Å²) < 4.78 is 0. The fourth-order valence-corrected chi connectivity index (χ4v) is 3.50. The number of nitrogens with one attached hydrogen (secondary N) is 2. The van der Waals surface area contributed by atoms with Crippen LogP contribution in [0.5, 0.6) is 0 Å². The van der Waals surface area contributed by atoms with Crippen molar-refractivity contribution in [1.82, 2.24) is 9.97 Å². The molecule has 0 fully saturated rings. The van der Waals surface area contributed by atoms with Crippen LogP contribution in [0.1, 0.15) is 16.7 Å². The number of anilines is 3. The highest BCUT2D eigenvalue weighted by Crippen LogP contribution is 2.37. The first-order valence-corrected chi connectivity index (χ1v) is 9.11. The van der Waals surface area contributed by atoms with E-state index >= 15 is 0 Å². The molecule has 0 saturated heterocycles. The van der Waals surface area contributed by atoms with Gasteiger partial charge >= 0.3 is 0 Å². The molecule has 138 valence electrons. The standard InChI is InChI=1S/C21H17ClN6/c22-17-8-4-7-14-9-15(11-25-21-16(10-23)20(24)26-12-27-21)18(28-19(14)17)13-5-2-1-3-6-13/h1-8,12,28H,9,11H2,(H3,24,25,26,27). The first kappa shape index (κ1) is 17.8. The predicted octanol–water partition coefficient (Wildman–Crippen LogP) is 4.08. The zero-order valence-electron chi connectivity index (χ0n) is 14.9. The van der Waals surface area contributed by atoms with Crippen LogP contribution in [0.4, 0.5) is 17.3 Å². The van der Waals surface area contributed by atoms with Crippen LogP contribution in [0.2, 0.25) is 5.02 Å². The van der Waals surface area contributed by atoms with E-state index in [2.05, 4.69) is 32.7 Å². The minimum Gasteiger partial charge on any atom is -0.382 e. The Bertz CT molecular complexity index is 1100. The van der Waals surface area contributed by atoms with E-state index in [9.17, 15) is 5.26 Å². The van der Waals surface area contributed by atoms with Crippen LogP contribution < -0.4 is 16.4 Å². The number of nitrogen functional groups attached to an aromatic ring is 1. The maximum atomic E-state index is 9.34. The molecule has 3 aromatic rings. The Morgan fingerprint density at radius 3 is 2.75 bits per heavy atom. The van der Waals surface area contributed by atoms with Crippen molar-refractivity contribution in [2.45, 2.75) is 6.42 Å². The van der Waals surface area contributed by atoms with Gasteiger partial charge in [0.05, 0.1) is 10.7 Å². The molecule has 1 aliphatic heterocycles. The lowest BCUT2D eigenvalue weighted by molar-refractivity contribution is 1.04. The molecule has 0 saturated carbocycles. The Balaban J connectivity index is 1.71. The molecular formula is C21H17ClN6. The predicted molar refractivity (Wildman–Crippen MR) is 112 cm³/mol. The summed E-state index contributed by atoms with van der Waals surface area (Å²) in [4.78, 5) is 8.03. The van der Waals surface area contributed by atoms with E-state index in [1.807, 2.05) is 42.5 Å². The molecule has 1 aromatic heterocycles. The van der Waals surface area contributed by atoms with Crippen molar-refractivity contribution in [1.29, 1.82) is 5.26 Å². The monoisotopic (exact) mass is 388 g/mol. The van der Waals surface area contributed by atoms with E-state index in [0.29, 0.717) is 17.4 Å². The molecule has 0 unspecified atom stereocenters. The zero-order chi connectivity index (χ0) is 19.5. The summed E-state index contributed by atoms with van der Waals surface area (Å²) >= 11 is 6.41. The highest BCUT2D eigenvalue weighted by atomic mass is 35.5. The van der Waals surface area contributed by atoms with Gasteiger partial charge in [0.15, 0.2) is 0 Å². The van der Waals surface area contributed by atoms with Gasteiger partial charge in [0, 0.05) is 12.2 Å². The fourth-order valence-electron chi connectivity index (χ4n) is 3.25. The van der Waals surface area contributed by atoms with Crippen molar-refractivity contribution in [2.75, 3.05) is 22.9 Å². The Morgan fingerprint density at radius 2 is 1.96 bits per heavy atom. The number of rotatable bonds is 4. The van der Waals surface area contributed by atoms with Crippen molar-refractivity contribution in [3.8, 4) is 6.07 Å². The number of hydrogen-bond donors (Lipinski definition) is 3. The van der Waals surface area contributed by atoms with Gasteiger partial charge in [-0.15, -0.1) is 0 Å². The van der Waals surface area contributed by atoms with Gasteiger partial charge in [-0.1, -0.05) is 54.1 Å². The number of nitrogens with two attached hydrogens (primary N) is 1. The molecule has 0 atom stereocenters. The van der Waals surface area contributed by atoms with Crippen molar-refractivity contribution < 1.29 is 0 Å². The quantitative estimate of drug-likeness (QED) is 0.622. The SMILES string of the molecule is N#Cc1c(N)ncnc1NCC1=C(c2ccccc2)Nc2c(Cl)cccc2C1. The molecular weight excluding hydrogens is 372 g/mol. The van der Waals surface area contributed by atoms with Crippen LogP contribution in [0, 0.1) is 11.3 Å². The summed E-state index contributed by atoms with van der Waals surface area (Å²) in [6.07, 6.45) is 2.07. The molecule has 6 nitrogen and oxygen atoms in total. The lowest BCUT2D eigenvalue weighted by Gasteiger charge is -2.26. The van der Waals surface area contributed by atoms with Gasteiger partial charge in [-0.3, -0.25) is 0 Å². The van der Waals surface area contributed by atoms with Crippen molar-refractivity contribution in [2.24, 2.45) is 0 Å². The summed E-state index contributed by atoms with van der Waals surface area (Å²) in [6.45, 7) is 0.494. The number of para-hydroxylation sites is 1. The minimum absolute atomic E-state index is 0.163. The minimum atomic E-state index is 0.163. The topological polar surface area (TPSA) is 99.7 Å². The second-order valence-corrected chi connectivity index (χ2v) is 6.78. The van der Waals surface area contributed by atoms with Gasteiger partial charge in [-0.2, -0.15) is 5.26 Å². The molecule has 2 aromatic carbocycles. The second-order valence-electron chi connectivity index (χ2n) is 6.37. The molecule has 4 rings (SSSR count). The van der Waals surface area contributed by atoms with E-state index in [-0.39, 0.29) is 11.4 Å². The summed E-state index contributed by atoms with van der Waals surface area (Å²) in [5, 5.41) is 16.8. The van der Waals surface area contributed by atoms with E-state index < -0.39 is 0 Å². The number of aromatic nitrogens is 2. The number of nitrogens with zero attached hydrogens (tertiary/aromatic N) is 3. The van der Waals surface area contributed by atoms with Crippen LogP contribution in [0.3, 0.4) is 0 Å². The Labute approximate surface area is 167 Å². The van der Waals surface area contributed by atoms with E-state index in [0.717, 1.165) is 34.5 Å². The third kappa shape index (κ3) is 3.36. The van der Waals surface area contributed by atoms with Crippen LogP contribution >= 0.6 is 11.6 Å². The van der Waals surface area contributed by atoms with Crippen molar-refractivity contribution >= 4 is 34.6 Å². The molecule has 0 radical (unpaired) electrons. The first-order valence-electron chi connectivity index (χ1n) is 8.73. The largest absolute Gasteiger partial charge is 0.382 e. The lowest BCUT2D eigenvalue weighted by Crippen LogP contribution is -2.19. The highest BCUT2D eigenvalue weighted by molar-refractivity contribution is 6.33. The van der Waals surface area contributed by atoms with Crippen LogP contribution in [0.25, 0.3) is 5.70 Å². The summed E-state index contributed by atoms with van der Waals surface area (Å²) in [5.74, 6) is 0.586. The number of halogens is 1. The van der Waals surface area contributed by atoms with Gasteiger partial charge in [-0.05, 0) is 29.2 Å². The average molecular weight is 389 g/mol. The molecule has 0 bridgehead atoms. The molecule has 0 aliphatic carbocycles. The van der Waals surface area contributed by atoms with Crippen LogP contribution in [0.15, 0.2) is 60.4 Å². The molecule has 7 heteroatoms. The van der Waals surface area contributed by atoms with Crippen LogP contribution in [-0.2, 0) is 6.42 Å². The van der Waals surface area contributed by atoms with Gasteiger partial charge in [0.2, 0.25) is 0 Å². The number of nitriles is 1. The summed E-state index contributed by atoms with van der Waals surface area (Å²) in [5.41, 5.74) is 11.3. The van der Waals surface area contributed by atoms with Crippen LogP contribution in [-0.4, -0.2) is 16.5 Å². The van der Waals surface area contributed by atoms with Crippen molar-refractivity contribution in [3.05, 3.63) is 82.1 Å². The summed E-state index contributed by atoms with van der Waals surface area (Å²) in [7, 11) is 0. The van der Waals surface area contributed by atoms with Gasteiger partial charge in [0.1, 0.15) is 29.6 Å². The third-order valence-electron chi connectivity index (χ3n) is 4.63. The molecule has 0 amide bonds. The third-order valence-corrected chi connectivity index (χ3v) is 4.94. The van der Waals surface area contributed by atoms with E-state index in [1.54, 1.807) is 0 Å². The fraction of sp³-hybridized carbons (Fsp3) is 0.0952. The highest BCUT2D eigenvalue weighted by Gasteiger charge is 2.21. The number of hydrogen-bond acceptors (Lipinski definition) is 6. The number of fused-ring (bicyclic) bond motifs is 1. The molecule has 4 N–H and O–H groups in total. The Kier molecular flexibility index (Phi) is 4.83. The Hall–Kier alpha value is -3.56. The summed E-state index contributed by atoms with van der Waals surface area (Å²) in [6, 6.07) is 18.0. The van der Waals surface area contributed by atoms with E-state index in [4.69, 9.17) is 17.3 Å². The molecule has 2 heterocycles. The van der Waals surface area contributed by atoms with E-state index in [1.165, 1.54) is 6.33 Å². The normalized spacial score (nSPS) is 12.7. The molecule has 28 heavy (non-hydrogen) atoms. The molecule has 1 aliphatic rings. The van der Waals surface area contributed by atoms with Crippen molar-refractivity contribution in [3.63, 3.8) is 0 Å². The second kappa shape index (κ2) is 7.59. The Morgan fingerprint density at radius 1 is 1.14 bits per heavy atom. The average Bonchev–Trinajstić information content (AvgIpc) is 2.72. The van der Waals surface area contributed by atoms with Gasteiger partial charge in [-0.25, -0.2) is 9.97 Å². The maximum absolute atomic E-state index is 9.34. The zero-order valence-corrected chi connectivity index (χ0v) is 15.7. The first-order chi connectivity index (χ1) is 13.7.